The number of hydrogen-bond donors (Lipinski definition) is 0. The van der Waals surface area contributed by atoms with Crippen LogP contribution in [0.5, 0.6) is 0 Å². The topological polar surface area (TPSA) is 75.6 Å². The van der Waals surface area contributed by atoms with Gasteiger partial charge in [0, 0.05) is 26.0 Å². The highest BCUT2D eigenvalue weighted by atomic mass is 16.5. The van der Waals surface area contributed by atoms with Gasteiger partial charge >= 0.3 is 0 Å². The Kier molecular flexibility index (Phi) is 4.10. The molecule has 7 heteroatoms. The van der Waals surface area contributed by atoms with E-state index in [0.717, 1.165) is 5.69 Å². The summed E-state index contributed by atoms with van der Waals surface area (Å²) in [5.74, 6) is -0.961. The molecule has 0 saturated carbocycles. The molecular weight excluding hydrogens is 344 g/mol. The highest BCUT2D eigenvalue weighted by Gasteiger charge is 2.67. The number of fused-ring (bicyclic) bond motifs is 1. The number of aromatic nitrogens is 2. The van der Waals surface area contributed by atoms with Crippen LogP contribution >= 0.6 is 0 Å². The van der Waals surface area contributed by atoms with E-state index in [9.17, 15) is 9.59 Å². The lowest BCUT2D eigenvalue weighted by molar-refractivity contribution is -0.143. The molecule has 2 unspecified atom stereocenters. The van der Waals surface area contributed by atoms with Gasteiger partial charge in [-0.15, -0.1) is 0 Å². The van der Waals surface area contributed by atoms with Gasteiger partial charge in [0.05, 0.1) is 42.9 Å². The fraction of sp³-hybridized carbons (Fsp3) is 0.600. The van der Waals surface area contributed by atoms with Crippen molar-refractivity contribution in [3.63, 3.8) is 0 Å². The normalized spacial score (nSPS) is 31.5. The molecule has 1 spiro atoms. The van der Waals surface area contributed by atoms with Crippen molar-refractivity contribution in [2.75, 3.05) is 20.1 Å². The third-order valence-corrected chi connectivity index (χ3v) is 5.52. The number of hydrogen-bond acceptors (Lipinski definition) is 5. The van der Waals surface area contributed by atoms with Gasteiger partial charge in [0.25, 0.3) is 0 Å². The first-order valence-corrected chi connectivity index (χ1v) is 9.36. The van der Waals surface area contributed by atoms with Gasteiger partial charge < -0.3 is 14.5 Å². The summed E-state index contributed by atoms with van der Waals surface area (Å²) in [7, 11) is 1.74. The summed E-state index contributed by atoms with van der Waals surface area (Å²) in [6.45, 7) is 7.87. The lowest BCUT2D eigenvalue weighted by atomic mass is 9.76. The number of carbonyl (C=O) groups is 2. The van der Waals surface area contributed by atoms with Crippen LogP contribution in [0.1, 0.15) is 26.5 Å². The molecule has 2 amide bonds. The first-order chi connectivity index (χ1) is 12.7. The van der Waals surface area contributed by atoms with Crippen LogP contribution in [0.15, 0.2) is 30.7 Å². The van der Waals surface area contributed by atoms with Gasteiger partial charge in [0.15, 0.2) is 0 Å². The van der Waals surface area contributed by atoms with Crippen molar-refractivity contribution in [3.8, 4) is 0 Å². The second-order valence-electron chi connectivity index (χ2n) is 9.05. The van der Waals surface area contributed by atoms with E-state index in [-0.39, 0.29) is 23.3 Å². The molecule has 1 aromatic rings. The Hall–Kier alpha value is -2.28. The number of carbonyl (C=O) groups excluding carboxylic acids is 2. The largest absolute Gasteiger partial charge is 0.360 e. The van der Waals surface area contributed by atoms with Crippen LogP contribution in [0, 0.1) is 17.3 Å². The second kappa shape index (κ2) is 6.12. The lowest BCUT2D eigenvalue weighted by Gasteiger charge is -2.29. The molecule has 3 aliphatic rings. The molecule has 4 rings (SSSR count). The average molecular weight is 370 g/mol. The summed E-state index contributed by atoms with van der Waals surface area (Å²) in [6, 6.07) is 0. The van der Waals surface area contributed by atoms with Crippen LogP contribution < -0.4 is 0 Å². The van der Waals surface area contributed by atoms with Crippen LogP contribution in [0.2, 0.25) is 0 Å². The number of likely N-dealkylation sites (tertiary alicyclic amines) is 1. The van der Waals surface area contributed by atoms with E-state index in [1.165, 1.54) is 0 Å². The highest BCUT2D eigenvalue weighted by molar-refractivity contribution is 5.93. The molecule has 0 aromatic carbocycles. The van der Waals surface area contributed by atoms with Crippen molar-refractivity contribution in [3.05, 3.63) is 36.4 Å². The van der Waals surface area contributed by atoms with Crippen molar-refractivity contribution in [1.82, 2.24) is 19.8 Å². The van der Waals surface area contributed by atoms with E-state index in [0.29, 0.717) is 19.6 Å². The molecule has 7 nitrogen and oxygen atoms in total. The second-order valence-corrected chi connectivity index (χ2v) is 9.05. The van der Waals surface area contributed by atoms with E-state index in [1.807, 2.05) is 17.1 Å². The van der Waals surface area contributed by atoms with E-state index < -0.39 is 17.4 Å². The van der Waals surface area contributed by atoms with Gasteiger partial charge in [-0.2, -0.15) is 0 Å². The summed E-state index contributed by atoms with van der Waals surface area (Å²) in [5, 5.41) is 0. The van der Waals surface area contributed by atoms with Crippen molar-refractivity contribution in [2.24, 2.45) is 17.3 Å². The highest BCUT2D eigenvalue weighted by Crippen LogP contribution is 2.52. The minimum absolute atomic E-state index is 0.00503. The standard InChI is InChI=1S/C20H26N4O3/c1-19(2,3)11-24-12-20-6-5-14(27-20)15(16(20)18(24)26)17(25)23(4)10-13-9-21-7-8-22-13/h5-9,14-16H,10-12H2,1-4H3/t14-,15?,16?,20-/m0/s1. The Labute approximate surface area is 159 Å². The predicted octanol–water partition coefficient (Wildman–Crippen LogP) is 1.26. The molecule has 4 heterocycles. The monoisotopic (exact) mass is 370 g/mol. The van der Waals surface area contributed by atoms with Crippen LogP contribution in [0.4, 0.5) is 0 Å². The van der Waals surface area contributed by atoms with Gasteiger partial charge in [-0.1, -0.05) is 32.9 Å². The minimum atomic E-state index is -0.652. The Morgan fingerprint density at radius 2 is 2.19 bits per heavy atom. The van der Waals surface area contributed by atoms with Crippen molar-refractivity contribution < 1.29 is 14.3 Å². The Balaban J connectivity index is 1.55. The molecule has 2 bridgehead atoms. The van der Waals surface area contributed by atoms with Crippen LogP contribution in [0.25, 0.3) is 0 Å². The van der Waals surface area contributed by atoms with Crippen molar-refractivity contribution in [2.45, 2.75) is 39.0 Å². The molecule has 0 N–H and O–H groups in total. The molecule has 4 atom stereocenters. The van der Waals surface area contributed by atoms with E-state index in [4.69, 9.17) is 4.74 Å². The number of rotatable bonds is 4. The van der Waals surface area contributed by atoms with E-state index in [2.05, 4.69) is 30.7 Å². The fourth-order valence-corrected chi connectivity index (χ4v) is 4.55. The predicted molar refractivity (Wildman–Crippen MR) is 98.3 cm³/mol. The first-order valence-electron chi connectivity index (χ1n) is 9.36. The minimum Gasteiger partial charge on any atom is -0.360 e. The summed E-state index contributed by atoms with van der Waals surface area (Å²) in [5.41, 5.74) is 0.0603. The fourth-order valence-electron chi connectivity index (χ4n) is 4.55. The maximum absolute atomic E-state index is 13.2. The molecule has 0 aliphatic carbocycles. The van der Waals surface area contributed by atoms with Gasteiger partial charge in [0.1, 0.15) is 5.60 Å². The zero-order valence-corrected chi connectivity index (χ0v) is 16.3. The maximum Gasteiger partial charge on any atom is 0.230 e. The zero-order chi connectivity index (χ0) is 19.4. The van der Waals surface area contributed by atoms with Gasteiger partial charge in [0.2, 0.25) is 11.8 Å². The zero-order valence-electron chi connectivity index (χ0n) is 16.3. The number of ether oxygens (including phenoxy) is 1. The molecule has 3 aliphatic heterocycles. The molecule has 27 heavy (non-hydrogen) atoms. The van der Waals surface area contributed by atoms with Crippen LogP contribution in [-0.4, -0.2) is 63.4 Å². The third kappa shape index (κ3) is 3.04. The number of amides is 2. The summed E-state index contributed by atoms with van der Waals surface area (Å²) in [4.78, 5) is 38.1. The van der Waals surface area contributed by atoms with E-state index >= 15 is 0 Å². The Morgan fingerprint density at radius 3 is 2.85 bits per heavy atom. The van der Waals surface area contributed by atoms with Crippen LogP contribution in [-0.2, 0) is 20.9 Å². The average Bonchev–Trinajstić information content (AvgIpc) is 3.22. The molecule has 0 radical (unpaired) electrons. The molecule has 144 valence electrons. The Bertz CT molecular complexity index is 788. The van der Waals surface area contributed by atoms with E-state index in [1.54, 1.807) is 30.5 Å². The van der Waals surface area contributed by atoms with Gasteiger partial charge in [-0.05, 0) is 5.41 Å². The van der Waals surface area contributed by atoms with Crippen LogP contribution in [0.3, 0.4) is 0 Å². The van der Waals surface area contributed by atoms with Gasteiger partial charge in [-0.25, -0.2) is 0 Å². The third-order valence-electron chi connectivity index (χ3n) is 5.52. The SMILES string of the molecule is CN(Cc1cnccn1)C(=O)C1C2C(=O)N(CC(C)(C)C)C[C@@]23C=C[C@@H]1O3. The smallest absolute Gasteiger partial charge is 0.230 e. The molecular formula is C20H26N4O3. The quantitative estimate of drug-likeness (QED) is 0.746. The first kappa shape index (κ1) is 18.1. The van der Waals surface area contributed by atoms with Crippen molar-refractivity contribution >= 4 is 11.8 Å². The molecule has 2 fully saturated rings. The molecule has 1 aromatic heterocycles. The lowest BCUT2D eigenvalue weighted by Crippen LogP contribution is -2.45. The van der Waals surface area contributed by atoms with Crippen molar-refractivity contribution in [1.29, 1.82) is 0 Å². The summed E-state index contributed by atoms with van der Waals surface area (Å²) >= 11 is 0. The van der Waals surface area contributed by atoms with Gasteiger partial charge in [-0.3, -0.25) is 19.6 Å². The maximum atomic E-state index is 13.2. The number of nitrogens with zero attached hydrogens (tertiary/aromatic N) is 4. The Morgan fingerprint density at radius 1 is 1.41 bits per heavy atom. The molecule has 2 saturated heterocycles. The summed E-state index contributed by atoms with van der Waals surface area (Å²) < 4.78 is 6.18. The summed E-state index contributed by atoms with van der Waals surface area (Å²) in [6.07, 6.45) is 8.47.